The van der Waals surface area contributed by atoms with Gasteiger partial charge >= 0.3 is 0 Å². The molecule has 0 amide bonds. The van der Waals surface area contributed by atoms with Crippen LogP contribution >= 0.6 is 0 Å². The molecule has 0 spiro atoms. The Balaban J connectivity index is 2.67. The van der Waals surface area contributed by atoms with Crippen molar-refractivity contribution in [2.75, 3.05) is 0 Å². The molecule has 2 nitrogen and oxygen atoms in total. The number of aromatic nitrogens is 1. The molecule has 1 aromatic rings. The van der Waals surface area contributed by atoms with Gasteiger partial charge in [0.15, 0.2) is 5.89 Å². The first-order valence-electron chi connectivity index (χ1n) is 3.24. The van der Waals surface area contributed by atoms with Crippen LogP contribution in [0, 0.1) is 6.92 Å². The van der Waals surface area contributed by atoms with Gasteiger partial charge in [0.1, 0.15) is 6.26 Å². The van der Waals surface area contributed by atoms with E-state index in [1.807, 2.05) is 13.8 Å². The Morgan fingerprint density at radius 2 is 2.50 bits per heavy atom. The van der Waals surface area contributed by atoms with E-state index in [0.717, 1.165) is 23.6 Å². The lowest BCUT2D eigenvalue weighted by molar-refractivity contribution is 0.505. The molecule has 0 radical (unpaired) electrons. The molecule has 0 aliphatic rings. The maximum absolute atomic E-state index is 5.10. The second-order valence-electron chi connectivity index (χ2n) is 2.52. The summed E-state index contributed by atoms with van der Waals surface area (Å²) in [6.45, 7) is 7.63. The molecule has 10 heavy (non-hydrogen) atoms. The van der Waals surface area contributed by atoms with Crippen LogP contribution in [-0.2, 0) is 6.42 Å². The lowest BCUT2D eigenvalue weighted by Crippen LogP contribution is -1.84. The van der Waals surface area contributed by atoms with Crippen molar-refractivity contribution in [1.29, 1.82) is 0 Å². The fourth-order valence-electron chi connectivity index (χ4n) is 0.742. The van der Waals surface area contributed by atoms with E-state index in [2.05, 4.69) is 11.6 Å². The lowest BCUT2D eigenvalue weighted by Gasteiger charge is -1.89. The summed E-state index contributed by atoms with van der Waals surface area (Å²) >= 11 is 0. The van der Waals surface area contributed by atoms with Crippen molar-refractivity contribution < 1.29 is 4.42 Å². The molecule has 1 rings (SSSR count). The molecule has 1 heterocycles. The van der Waals surface area contributed by atoms with Gasteiger partial charge in [0.2, 0.25) is 0 Å². The number of nitrogens with zero attached hydrogens (tertiary/aromatic N) is 1. The van der Waals surface area contributed by atoms with Gasteiger partial charge < -0.3 is 4.42 Å². The molecule has 0 N–H and O–H groups in total. The van der Waals surface area contributed by atoms with Crippen LogP contribution in [0.1, 0.15) is 18.5 Å². The smallest absolute Gasteiger partial charge is 0.198 e. The number of rotatable bonds is 2. The Kier molecular flexibility index (Phi) is 1.90. The van der Waals surface area contributed by atoms with Crippen molar-refractivity contribution in [1.82, 2.24) is 4.98 Å². The van der Waals surface area contributed by atoms with E-state index in [1.165, 1.54) is 0 Å². The molecule has 0 aliphatic heterocycles. The van der Waals surface area contributed by atoms with Crippen LogP contribution in [0.2, 0.25) is 0 Å². The van der Waals surface area contributed by atoms with Gasteiger partial charge in [-0.15, -0.1) is 0 Å². The molecular weight excluding hydrogens is 126 g/mol. The highest BCUT2D eigenvalue weighted by Crippen LogP contribution is 2.04. The predicted molar refractivity (Wildman–Crippen MR) is 39.8 cm³/mol. The highest BCUT2D eigenvalue weighted by atomic mass is 16.3. The van der Waals surface area contributed by atoms with Crippen molar-refractivity contribution in [3.05, 3.63) is 30.0 Å². The molecule has 0 aromatic carbocycles. The maximum Gasteiger partial charge on any atom is 0.198 e. The topological polar surface area (TPSA) is 26.0 Å². The van der Waals surface area contributed by atoms with Crippen LogP contribution in [0.4, 0.5) is 0 Å². The predicted octanol–water partition coefficient (Wildman–Crippen LogP) is 2.10. The average Bonchev–Trinajstić information content (AvgIpc) is 2.13. The van der Waals surface area contributed by atoms with Gasteiger partial charge in [-0.25, -0.2) is 4.98 Å². The van der Waals surface area contributed by atoms with Crippen molar-refractivity contribution in [3.8, 4) is 0 Å². The van der Waals surface area contributed by atoms with E-state index in [-0.39, 0.29) is 0 Å². The Hall–Kier alpha value is -1.05. The zero-order valence-electron chi connectivity index (χ0n) is 6.35. The van der Waals surface area contributed by atoms with Gasteiger partial charge in [-0.05, 0) is 13.8 Å². The van der Waals surface area contributed by atoms with Crippen LogP contribution in [0.15, 0.2) is 22.8 Å². The van der Waals surface area contributed by atoms with Crippen molar-refractivity contribution in [3.63, 3.8) is 0 Å². The molecular formula is C8H11NO. The summed E-state index contributed by atoms with van der Waals surface area (Å²) in [5.74, 6) is 0.755. The van der Waals surface area contributed by atoms with Crippen molar-refractivity contribution in [2.24, 2.45) is 0 Å². The molecule has 2 heteroatoms. The zero-order chi connectivity index (χ0) is 7.56. The minimum Gasteiger partial charge on any atom is -0.448 e. The van der Waals surface area contributed by atoms with Gasteiger partial charge in [0.05, 0.1) is 5.69 Å². The van der Waals surface area contributed by atoms with Gasteiger partial charge in [0, 0.05) is 6.42 Å². The minimum atomic E-state index is 0.744. The summed E-state index contributed by atoms with van der Waals surface area (Å²) in [7, 11) is 0. The van der Waals surface area contributed by atoms with E-state index >= 15 is 0 Å². The Labute approximate surface area is 60.6 Å². The first-order valence-corrected chi connectivity index (χ1v) is 3.24. The number of allylic oxidation sites excluding steroid dienone is 1. The van der Waals surface area contributed by atoms with Crippen LogP contribution in [0.3, 0.4) is 0 Å². The fraction of sp³-hybridized carbons (Fsp3) is 0.375. The Bertz CT molecular complexity index is 237. The molecule has 0 bridgehead atoms. The minimum absolute atomic E-state index is 0.744. The molecule has 0 unspecified atom stereocenters. The normalized spacial score (nSPS) is 9.80. The average molecular weight is 137 g/mol. The molecule has 0 saturated carbocycles. The van der Waals surface area contributed by atoms with E-state index in [4.69, 9.17) is 4.42 Å². The summed E-state index contributed by atoms with van der Waals surface area (Å²) in [4.78, 5) is 4.12. The van der Waals surface area contributed by atoms with Gasteiger partial charge in [0.25, 0.3) is 0 Å². The fourth-order valence-corrected chi connectivity index (χ4v) is 0.742. The Morgan fingerprint density at radius 3 is 2.90 bits per heavy atom. The van der Waals surface area contributed by atoms with Gasteiger partial charge in [-0.3, -0.25) is 0 Å². The summed E-state index contributed by atoms with van der Waals surface area (Å²) < 4.78 is 5.10. The Morgan fingerprint density at radius 1 is 1.80 bits per heavy atom. The van der Waals surface area contributed by atoms with E-state index < -0.39 is 0 Å². The SMILES string of the molecule is C=C(C)Cc1nc(C)co1. The second-order valence-corrected chi connectivity index (χ2v) is 2.52. The summed E-state index contributed by atoms with van der Waals surface area (Å²) in [5, 5.41) is 0. The summed E-state index contributed by atoms with van der Waals surface area (Å²) in [6, 6.07) is 0. The largest absolute Gasteiger partial charge is 0.448 e. The van der Waals surface area contributed by atoms with Gasteiger partial charge in [-0.2, -0.15) is 0 Å². The van der Waals surface area contributed by atoms with E-state index in [0.29, 0.717) is 0 Å². The number of oxazole rings is 1. The first kappa shape index (κ1) is 7.06. The molecule has 0 aliphatic carbocycles. The van der Waals surface area contributed by atoms with E-state index in [9.17, 15) is 0 Å². The quantitative estimate of drug-likeness (QED) is 0.583. The molecule has 0 atom stereocenters. The van der Waals surface area contributed by atoms with Gasteiger partial charge in [-0.1, -0.05) is 12.2 Å². The molecule has 1 aromatic heterocycles. The number of hydrogen-bond donors (Lipinski definition) is 0. The third-order valence-corrected chi connectivity index (χ3v) is 1.12. The van der Waals surface area contributed by atoms with Crippen molar-refractivity contribution in [2.45, 2.75) is 20.3 Å². The monoisotopic (exact) mass is 137 g/mol. The number of aryl methyl sites for hydroxylation is 1. The number of hydrogen-bond acceptors (Lipinski definition) is 2. The third kappa shape index (κ3) is 1.72. The van der Waals surface area contributed by atoms with Crippen LogP contribution < -0.4 is 0 Å². The zero-order valence-corrected chi connectivity index (χ0v) is 6.35. The molecule has 0 fully saturated rings. The lowest BCUT2D eigenvalue weighted by atomic mass is 10.2. The first-order chi connectivity index (χ1) is 4.68. The van der Waals surface area contributed by atoms with Crippen LogP contribution in [0.5, 0.6) is 0 Å². The second kappa shape index (κ2) is 2.69. The highest BCUT2D eigenvalue weighted by Gasteiger charge is 1.98. The molecule has 0 saturated heterocycles. The summed E-state index contributed by atoms with van der Waals surface area (Å²) in [6.07, 6.45) is 2.39. The third-order valence-electron chi connectivity index (χ3n) is 1.12. The van der Waals surface area contributed by atoms with Crippen LogP contribution in [0.25, 0.3) is 0 Å². The van der Waals surface area contributed by atoms with Crippen molar-refractivity contribution >= 4 is 0 Å². The van der Waals surface area contributed by atoms with E-state index in [1.54, 1.807) is 6.26 Å². The van der Waals surface area contributed by atoms with Crippen LogP contribution in [-0.4, -0.2) is 4.98 Å². The standard InChI is InChI=1S/C8H11NO/c1-6(2)4-8-9-7(3)5-10-8/h5H,1,4H2,2-3H3. The highest BCUT2D eigenvalue weighted by molar-refractivity contribution is 5.02. The summed E-state index contributed by atoms with van der Waals surface area (Å²) in [5.41, 5.74) is 2.00. The molecule has 54 valence electrons. The maximum atomic E-state index is 5.10.